The highest BCUT2D eigenvalue weighted by Gasteiger charge is 2.23. The molecule has 0 aliphatic carbocycles. The third kappa shape index (κ3) is 4.31. The summed E-state index contributed by atoms with van der Waals surface area (Å²) in [5, 5.41) is 8.55. The van der Waals surface area contributed by atoms with Gasteiger partial charge in [-0.25, -0.2) is 8.42 Å². The second kappa shape index (κ2) is 3.87. The fourth-order valence-electron chi connectivity index (χ4n) is 0.731. The van der Waals surface area contributed by atoms with E-state index < -0.39 is 15.6 Å². The fraction of sp³-hybridized carbons (Fsp3) is 0.857. The van der Waals surface area contributed by atoms with Crippen molar-refractivity contribution in [1.29, 1.82) is 5.26 Å². The highest BCUT2D eigenvalue weighted by atomic mass is 32.2. The first-order valence-corrected chi connectivity index (χ1v) is 5.41. The van der Waals surface area contributed by atoms with E-state index in [-0.39, 0.29) is 5.75 Å². The minimum Gasteiger partial charge on any atom is -0.212 e. The molecule has 12 heavy (non-hydrogen) atoms. The van der Waals surface area contributed by atoms with Crippen molar-refractivity contribution in [2.75, 3.05) is 5.75 Å². The predicted molar refractivity (Wildman–Crippen MR) is 46.9 cm³/mol. The smallest absolute Gasteiger partial charge is 0.212 e. The van der Waals surface area contributed by atoms with Crippen molar-refractivity contribution in [2.45, 2.75) is 32.7 Å². The van der Waals surface area contributed by atoms with E-state index in [0.717, 1.165) is 0 Å². The second-order valence-corrected chi connectivity index (χ2v) is 5.00. The lowest BCUT2D eigenvalue weighted by atomic mass is 10.1. The minimum absolute atomic E-state index is 0.0676. The van der Waals surface area contributed by atoms with Crippen molar-refractivity contribution in [3.8, 4) is 6.07 Å². The third-order valence-electron chi connectivity index (χ3n) is 1.16. The van der Waals surface area contributed by atoms with E-state index in [2.05, 4.69) is 4.72 Å². The van der Waals surface area contributed by atoms with Crippen molar-refractivity contribution in [1.82, 2.24) is 4.72 Å². The van der Waals surface area contributed by atoms with Gasteiger partial charge >= 0.3 is 0 Å². The van der Waals surface area contributed by atoms with Gasteiger partial charge in [-0.15, -0.1) is 0 Å². The number of sulfonamides is 1. The standard InChI is InChI=1S/C7H14N2O2S/c1-4-5-12(10,11)9-7(2,3)6-8/h9H,4-5H2,1-3H3. The maximum Gasteiger partial charge on any atom is 0.212 e. The first-order chi connectivity index (χ1) is 5.33. The summed E-state index contributed by atoms with van der Waals surface area (Å²) in [7, 11) is -3.27. The number of hydrogen-bond acceptors (Lipinski definition) is 3. The second-order valence-electron chi connectivity index (χ2n) is 3.16. The van der Waals surface area contributed by atoms with Crippen LogP contribution in [-0.2, 0) is 10.0 Å². The summed E-state index contributed by atoms with van der Waals surface area (Å²) >= 11 is 0. The Morgan fingerprint density at radius 3 is 2.33 bits per heavy atom. The van der Waals surface area contributed by atoms with Gasteiger partial charge in [-0.3, -0.25) is 0 Å². The van der Waals surface area contributed by atoms with Crippen molar-refractivity contribution in [3.63, 3.8) is 0 Å². The third-order valence-corrected chi connectivity index (χ3v) is 2.93. The lowest BCUT2D eigenvalue weighted by Gasteiger charge is -2.16. The van der Waals surface area contributed by atoms with Crippen LogP contribution in [0.15, 0.2) is 0 Å². The predicted octanol–water partition coefficient (Wildman–Crippen LogP) is 0.618. The lowest BCUT2D eigenvalue weighted by Crippen LogP contribution is -2.43. The van der Waals surface area contributed by atoms with E-state index in [9.17, 15) is 8.42 Å². The zero-order chi connectivity index (χ0) is 9.83. The van der Waals surface area contributed by atoms with Gasteiger partial charge in [-0.2, -0.15) is 9.98 Å². The average molecular weight is 190 g/mol. The van der Waals surface area contributed by atoms with E-state index >= 15 is 0 Å². The monoisotopic (exact) mass is 190 g/mol. The molecule has 0 saturated carbocycles. The van der Waals surface area contributed by atoms with Crippen molar-refractivity contribution in [3.05, 3.63) is 0 Å². The molecule has 0 aliphatic rings. The Hall–Kier alpha value is -0.600. The lowest BCUT2D eigenvalue weighted by molar-refractivity contribution is 0.535. The summed E-state index contributed by atoms with van der Waals surface area (Å²) in [4.78, 5) is 0. The molecule has 0 spiro atoms. The van der Waals surface area contributed by atoms with Gasteiger partial charge in [0.15, 0.2) is 0 Å². The van der Waals surface area contributed by atoms with E-state index in [1.165, 1.54) is 13.8 Å². The van der Waals surface area contributed by atoms with E-state index in [4.69, 9.17) is 5.26 Å². The molecule has 1 N–H and O–H groups in total. The van der Waals surface area contributed by atoms with Gasteiger partial charge in [0.2, 0.25) is 10.0 Å². The Bertz CT molecular complexity index is 274. The highest BCUT2D eigenvalue weighted by molar-refractivity contribution is 7.89. The molecular weight excluding hydrogens is 176 g/mol. The topological polar surface area (TPSA) is 70.0 Å². The molecule has 0 saturated heterocycles. The molecule has 0 heterocycles. The molecule has 70 valence electrons. The summed E-state index contributed by atoms with van der Waals surface area (Å²) in [6.45, 7) is 4.83. The number of nitrogens with one attached hydrogen (secondary N) is 1. The van der Waals surface area contributed by atoms with Crippen LogP contribution >= 0.6 is 0 Å². The molecule has 0 atom stereocenters. The Balaban J connectivity index is 4.38. The summed E-state index contributed by atoms with van der Waals surface area (Å²) in [5.74, 6) is 0.0676. The van der Waals surface area contributed by atoms with Crippen LogP contribution in [-0.4, -0.2) is 19.7 Å². The van der Waals surface area contributed by atoms with Gasteiger partial charge < -0.3 is 0 Å². The molecule has 0 bridgehead atoms. The normalized spacial score (nSPS) is 12.5. The Labute approximate surface area is 73.6 Å². The molecule has 4 nitrogen and oxygen atoms in total. The molecule has 0 fully saturated rings. The Morgan fingerprint density at radius 1 is 1.50 bits per heavy atom. The number of rotatable bonds is 4. The summed E-state index contributed by atoms with van der Waals surface area (Å²) in [5.41, 5.74) is -1.01. The first-order valence-electron chi connectivity index (χ1n) is 3.76. The van der Waals surface area contributed by atoms with Crippen LogP contribution in [0.5, 0.6) is 0 Å². The van der Waals surface area contributed by atoms with Gasteiger partial charge in [0.1, 0.15) is 5.54 Å². The van der Waals surface area contributed by atoms with Crippen molar-refractivity contribution >= 4 is 10.0 Å². The molecule has 0 radical (unpaired) electrons. The molecule has 0 aliphatic heterocycles. The molecule has 0 amide bonds. The van der Waals surface area contributed by atoms with E-state index in [0.29, 0.717) is 6.42 Å². The van der Waals surface area contributed by atoms with Crippen LogP contribution in [0.2, 0.25) is 0 Å². The van der Waals surface area contributed by atoms with Crippen LogP contribution in [0.1, 0.15) is 27.2 Å². The van der Waals surface area contributed by atoms with Crippen LogP contribution in [0.4, 0.5) is 0 Å². The largest absolute Gasteiger partial charge is 0.212 e. The van der Waals surface area contributed by atoms with Crippen LogP contribution in [0, 0.1) is 11.3 Å². The first kappa shape index (κ1) is 11.4. The molecular formula is C7H14N2O2S. The molecule has 5 heteroatoms. The molecule has 0 unspecified atom stereocenters. The fourth-order valence-corrected chi connectivity index (χ4v) is 2.19. The zero-order valence-corrected chi connectivity index (χ0v) is 8.40. The van der Waals surface area contributed by atoms with Crippen molar-refractivity contribution < 1.29 is 8.42 Å². The Morgan fingerprint density at radius 2 is 2.00 bits per heavy atom. The van der Waals surface area contributed by atoms with Crippen LogP contribution in [0.3, 0.4) is 0 Å². The van der Waals surface area contributed by atoms with Gasteiger partial charge in [-0.1, -0.05) is 6.92 Å². The minimum atomic E-state index is -3.27. The average Bonchev–Trinajstić information content (AvgIpc) is 1.85. The SMILES string of the molecule is CCCS(=O)(=O)NC(C)(C)C#N. The maximum absolute atomic E-state index is 11.1. The Kier molecular flexibility index (Phi) is 3.68. The number of nitriles is 1. The number of nitrogens with zero attached hydrogens (tertiary/aromatic N) is 1. The van der Waals surface area contributed by atoms with Crippen LogP contribution in [0.25, 0.3) is 0 Å². The molecule has 0 aromatic heterocycles. The highest BCUT2D eigenvalue weighted by Crippen LogP contribution is 2.02. The summed E-state index contributed by atoms with van der Waals surface area (Å²) < 4.78 is 24.6. The van der Waals surface area contributed by atoms with Gasteiger partial charge in [-0.05, 0) is 20.3 Å². The van der Waals surface area contributed by atoms with Crippen LogP contribution < -0.4 is 4.72 Å². The van der Waals surface area contributed by atoms with E-state index in [1.807, 2.05) is 6.07 Å². The summed E-state index contributed by atoms with van der Waals surface area (Å²) in [6.07, 6.45) is 0.552. The molecule has 0 aromatic carbocycles. The maximum atomic E-state index is 11.1. The van der Waals surface area contributed by atoms with E-state index in [1.54, 1.807) is 6.92 Å². The zero-order valence-electron chi connectivity index (χ0n) is 7.59. The quantitative estimate of drug-likeness (QED) is 0.706. The molecule has 0 aromatic rings. The van der Waals surface area contributed by atoms with Gasteiger partial charge in [0.25, 0.3) is 0 Å². The van der Waals surface area contributed by atoms with Gasteiger partial charge in [0, 0.05) is 0 Å². The summed E-state index contributed by atoms with van der Waals surface area (Å²) in [6, 6.07) is 1.87. The molecule has 0 rings (SSSR count). The van der Waals surface area contributed by atoms with Crippen molar-refractivity contribution in [2.24, 2.45) is 0 Å². The number of hydrogen-bond donors (Lipinski definition) is 1. The van der Waals surface area contributed by atoms with Gasteiger partial charge in [0.05, 0.1) is 11.8 Å².